The lowest BCUT2D eigenvalue weighted by atomic mass is 10.3. The van der Waals surface area contributed by atoms with Gasteiger partial charge in [-0.25, -0.2) is 8.42 Å². The Labute approximate surface area is 162 Å². The van der Waals surface area contributed by atoms with E-state index in [4.69, 9.17) is 0 Å². The molecule has 0 aromatic heterocycles. The number of rotatable bonds is 7. The van der Waals surface area contributed by atoms with Crippen LogP contribution >= 0.6 is 0 Å². The number of carbonyl (C=O) groups excluding carboxylic acids is 1. The minimum absolute atomic E-state index is 0.0628. The molecule has 0 aliphatic carbocycles. The van der Waals surface area contributed by atoms with Crippen LogP contribution in [0.1, 0.15) is 12.8 Å². The van der Waals surface area contributed by atoms with E-state index in [1.807, 2.05) is 0 Å². The molecule has 1 aliphatic rings. The number of benzene rings is 2. The Morgan fingerprint density at radius 1 is 1.07 bits per heavy atom. The number of amides is 1. The number of nitrogens with zero attached hydrogens (tertiary/aromatic N) is 2. The average Bonchev–Trinajstić information content (AvgIpc) is 3.23. The Morgan fingerprint density at radius 3 is 2.39 bits per heavy atom. The fourth-order valence-electron chi connectivity index (χ4n) is 2.90. The van der Waals surface area contributed by atoms with Crippen molar-refractivity contribution in [2.75, 3.05) is 30.3 Å². The molecule has 1 fully saturated rings. The Bertz CT molecular complexity index is 970. The first-order chi connectivity index (χ1) is 13.4. The Hall–Kier alpha value is -2.98. The molecule has 28 heavy (non-hydrogen) atoms. The summed E-state index contributed by atoms with van der Waals surface area (Å²) in [5, 5.41) is 16.1. The van der Waals surface area contributed by atoms with Crippen molar-refractivity contribution in [3.8, 4) is 0 Å². The third-order valence-corrected chi connectivity index (χ3v) is 6.25. The first-order valence-corrected chi connectivity index (χ1v) is 10.2. The molecule has 0 radical (unpaired) electrons. The lowest BCUT2D eigenvalue weighted by molar-refractivity contribution is -0.384. The van der Waals surface area contributed by atoms with Gasteiger partial charge in [0.2, 0.25) is 15.9 Å². The van der Waals surface area contributed by atoms with Crippen LogP contribution in [0.25, 0.3) is 0 Å². The van der Waals surface area contributed by atoms with E-state index >= 15 is 0 Å². The number of hydrogen-bond donors (Lipinski definition) is 2. The van der Waals surface area contributed by atoms with Crippen molar-refractivity contribution in [2.45, 2.75) is 17.7 Å². The quantitative estimate of drug-likeness (QED) is 0.540. The minimum Gasteiger partial charge on any atom is -0.376 e. The molecular formula is C18H20N4O5S. The lowest BCUT2D eigenvalue weighted by Gasteiger charge is -2.16. The second-order valence-electron chi connectivity index (χ2n) is 6.34. The van der Waals surface area contributed by atoms with Gasteiger partial charge in [-0.3, -0.25) is 14.9 Å². The topological polar surface area (TPSA) is 122 Å². The van der Waals surface area contributed by atoms with E-state index in [0.29, 0.717) is 24.5 Å². The summed E-state index contributed by atoms with van der Waals surface area (Å²) in [5.74, 6) is -0.360. The molecule has 1 heterocycles. The molecule has 0 saturated carbocycles. The molecule has 2 N–H and O–H groups in total. The number of nitro benzene ring substituents is 1. The molecule has 3 rings (SSSR count). The first-order valence-electron chi connectivity index (χ1n) is 8.75. The van der Waals surface area contributed by atoms with Gasteiger partial charge in [-0.2, -0.15) is 4.31 Å². The maximum Gasteiger partial charge on any atom is 0.269 e. The third-order valence-electron chi connectivity index (χ3n) is 4.35. The van der Waals surface area contributed by atoms with E-state index < -0.39 is 14.9 Å². The molecule has 0 unspecified atom stereocenters. The number of sulfonamides is 1. The average molecular weight is 404 g/mol. The number of hydrogen-bond acceptors (Lipinski definition) is 6. The smallest absolute Gasteiger partial charge is 0.269 e. The predicted octanol–water partition coefficient (Wildman–Crippen LogP) is 2.43. The molecule has 2 aromatic carbocycles. The van der Waals surface area contributed by atoms with Crippen molar-refractivity contribution in [1.82, 2.24) is 4.31 Å². The number of nitrogens with one attached hydrogen (secondary N) is 2. The van der Waals surface area contributed by atoms with Crippen molar-refractivity contribution in [3.05, 3.63) is 58.6 Å². The highest BCUT2D eigenvalue weighted by atomic mass is 32.2. The van der Waals surface area contributed by atoms with Crippen LogP contribution in [0.4, 0.5) is 17.1 Å². The molecule has 0 bridgehead atoms. The van der Waals surface area contributed by atoms with Crippen LogP contribution in [0.2, 0.25) is 0 Å². The van der Waals surface area contributed by atoms with Crippen molar-refractivity contribution >= 4 is 33.0 Å². The Balaban J connectivity index is 1.60. The second-order valence-corrected chi connectivity index (χ2v) is 8.28. The monoisotopic (exact) mass is 404 g/mol. The molecule has 2 aromatic rings. The zero-order valence-corrected chi connectivity index (χ0v) is 15.8. The zero-order chi connectivity index (χ0) is 20.1. The summed E-state index contributed by atoms with van der Waals surface area (Å²) in [6.07, 6.45) is 1.72. The van der Waals surface area contributed by atoms with Crippen molar-refractivity contribution in [2.24, 2.45) is 0 Å². The Kier molecular flexibility index (Phi) is 5.90. The third kappa shape index (κ3) is 4.65. The fraction of sp³-hybridized carbons (Fsp3) is 0.278. The van der Waals surface area contributed by atoms with Crippen LogP contribution in [0.5, 0.6) is 0 Å². The van der Waals surface area contributed by atoms with Crippen LogP contribution in [0.3, 0.4) is 0 Å². The Morgan fingerprint density at radius 2 is 1.75 bits per heavy atom. The van der Waals surface area contributed by atoms with E-state index in [-0.39, 0.29) is 23.0 Å². The first kappa shape index (κ1) is 19.8. The number of nitro groups is 1. The van der Waals surface area contributed by atoms with Crippen LogP contribution < -0.4 is 10.6 Å². The highest BCUT2D eigenvalue weighted by molar-refractivity contribution is 7.89. The molecule has 10 heteroatoms. The van der Waals surface area contributed by atoms with Gasteiger partial charge in [0.1, 0.15) is 0 Å². The molecule has 148 valence electrons. The molecular weight excluding hydrogens is 384 g/mol. The van der Waals surface area contributed by atoms with Gasteiger partial charge in [0.05, 0.1) is 16.4 Å². The van der Waals surface area contributed by atoms with Crippen LogP contribution in [0, 0.1) is 10.1 Å². The van der Waals surface area contributed by atoms with Gasteiger partial charge >= 0.3 is 0 Å². The van der Waals surface area contributed by atoms with Gasteiger partial charge in [0.25, 0.3) is 5.69 Å². The predicted molar refractivity (Wildman–Crippen MR) is 105 cm³/mol. The highest BCUT2D eigenvalue weighted by Gasteiger charge is 2.27. The number of anilines is 2. The number of non-ortho nitro benzene ring substituents is 1. The zero-order valence-electron chi connectivity index (χ0n) is 15.0. The van der Waals surface area contributed by atoms with E-state index in [9.17, 15) is 23.3 Å². The van der Waals surface area contributed by atoms with Gasteiger partial charge in [-0.1, -0.05) is 6.07 Å². The van der Waals surface area contributed by atoms with Crippen molar-refractivity contribution < 1.29 is 18.1 Å². The molecule has 1 amide bonds. The normalized spacial score (nSPS) is 14.6. The fourth-order valence-corrected chi connectivity index (χ4v) is 4.46. The highest BCUT2D eigenvalue weighted by Crippen LogP contribution is 2.23. The molecule has 0 spiro atoms. The van der Waals surface area contributed by atoms with Crippen LogP contribution in [-0.2, 0) is 14.8 Å². The summed E-state index contributed by atoms with van der Waals surface area (Å²) in [4.78, 5) is 22.4. The van der Waals surface area contributed by atoms with Gasteiger partial charge in [0.15, 0.2) is 0 Å². The van der Waals surface area contributed by atoms with Crippen molar-refractivity contribution in [3.63, 3.8) is 0 Å². The van der Waals surface area contributed by atoms with E-state index in [2.05, 4.69) is 10.6 Å². The van der Waals surface area contributed by atoms with Crippen LogP contribution in [0.15, 0.2) is 53.4 Å². The SMILES string of the molecule is O=C(CNc1cccc(S(=O)(=O)N2CCCC2)c1)Nc1ccc([N+](=O)[O-])cc1. The maximum absolute atomic E-state index is 12.6. The molecule has 0 atom stereocenters. The lowest BCUT2D eigenvalue weighted by Crippen LogP contribution is -2.28. The van der Waals surface area contributed by atoms with E-state index in [0.717, 1.165) is 12.8 Å². The van der Waals surface area contributed by atoms with Gasteiger partial charge in [-0.15, -0.1) is 0 Å². The van der Waals surface area contributed by atoms with Gasteiger partial charge in [0, 0.05) is 36.6 Å². The standard InChI is InChI=1S/C18H20N4O5S/c23-18(20-14-6-8-16(9-7-14)22(24)25)13-19-15-4-3-5-17(12-15)28(26,27)21-10-1-2-11-21/h3-9,12,19H,1-2,10-11,13H2,(H,20,23). The van der Waals surface area contributed by atoms with Crippen molar-refractivity contribution in [1.29, 1.82) is 0 Å². The summed E-state index contributed by atoms with van der Waals surface area (Å²) in [6.45, 7) is 0.972. The van der Waals surface area contributed by atoms with Crippen LogP contribution in [-0.4, -0.2) is 43.2 Å². The molecule has 1 aliphatic heterocycles. The van der Waals surface area contributed by atoms with E-state index in [1.54, 1.807) is 12.1 Å². The number of carbonyl (C=O) groups is 1. The van der Waals surface area contributed by atoms with E-state index in [1.165, 1.54) is 40.7 Å². The van der Waals surface area contributed by atoms with Gasteiger partial charge in [-0.05, 0) is 43.2 Å². The summed E-state index contributed by atoms with van der Waals surface area (Å²) in [7, 11) is -3.52. The minimum atomic E-state index is -3.52. The summed E-state index contributed by atoms with van der Waals surface area (Å²) in [5.41, 5.74) is 0.883. The second kappa shape index (κ2) is 8.36. The maximum atomic E-state index is 12.6. The summed E-state index contributed by atoms with van der Waals surface area (Å²) in [6, 6.07) is 11.8. The van der Waals surface area contributed by atoms with Gasteiger partial charge < -0.3 is 10.6 Å². The largest absolute Gasteiger partial charge is 0.376 e. The summed E-state index contributed by atoms with van der Waals surface area (Å²) < 4.78 is 26.7. The molecule has 9 nitrogen and oxygen atoms in total. The summed E-state index contributed by atoms with van der Waals surface area (Å²) >= 11 is 0. The molecule has 1 saturated heterocycles.